The first kappa shape index (κ1) is 13.0. The van der Waals surface area contributed by atoms with Crippen LogP contribution in [0.1, 0.15) is 31.9 Å². The summed E-state index contributed by atoms with van der Waals surface area (Å²) in [4.78, 5) is 0. The van der Waals surface area contributed by atoms with E-state index >= 15 is 0 Å². The SMILES string of the molecule is CC(C)(C)NCCc1ccc(O)c(CO)c1. The third-order valence-electron chi connectivity index (χ3n) is 2.38. The number of aliphatic hydroxyl groups is 1. The molecule has 0 aliphatic rings. The van der Waals surface area contributed by atoms with E-state index in [0.717, 1.165) is 18.5 Å². The molecule has 3 nitrogen and oxygen atoms in total. The summed E-state index contributed by atoms with van der Waals surface area (Å²) in [6.07, 6.45) is 0.893. The Morgan fingerprint density at radius 1 is 1.25 bits per heavy atom. The lowest BCUT2D eigenvalue weighted by molar-refractivity contribution is 0.275. The molecule has 0 fully saturated rings. The van der Waals surface area contributed by atoms with Gasteiger partial charge in [0.2, 0.25) is 0 Å². The van der Waals surface area contributed by atoms with Crippen molar-refractivity contribution in [1.29, 1.82) is 0 Å². The molecule has 3 heteroatoms. The number of rotatable bonds is 4. The Bertz CT molecular complexity index is 342. The first-order valence-electron chi connectivity index (χ1n) is 5.59. The van der Waals surface area contributed by atoms with Crippen LogP contribution in [0.5, 0.6) is 5.75 Å². The van der Waals surface area contributed by atoms with Gasteiger partial charge in [-0.1, -0.05) is 6.07 Å². The summed E-state index contributed by atoms with van der Waals surface area (Å²) in [5.74, 6) is 0.162. The lowest BCUT2D eigenvalue weighted by Gasteiger charge is -2.20. The van der Waals surface area contributed by atoms with Gasteiger partial charge in [-0.25, -0.2) is 0 Å². The van der Waals surface area contributed by atoms with Gasteiger partial charge in [0.1, 0.15) is 5.75 Å². The maximum atomic E-state index is 9.41. The second kappa shape index (κ2) is 5.32. The number of aliphatic hydroxyl groups excluding tert-OH is 1. The maximum absolute atomic E-state index is 9.41. The van der Waals surface area contributed by atoms with Crippen LogP contribution in [0, 0.1) is 0 Å². The maximum Gasteiger partial charge on any atom is 0.121 e. The van der Waals surface area contributed by atoms with Crippen molar-refractivity contribution >= 4 is 0 Å². The van der Waals surface area contributed by atoms with Gasteiger partial charge in [0, 0.05) is 11.1 Å². The summed E-state index contributed by atoms with van der Waals surface area (Å²) >= 11 is 0. The quantitative estimate of drug-likeness (QED) is 0.729. The molecule has 0 spiro atoms. The van der Waals surface area contributed by atoms with Gasteiger partial charge in [-0.05, 0) is 51.4 Å². The van der Waals surface area contributed by atoms with Gasteiger partial charge in [0.15, 0.2) is 0 Å². The minimum Gasteiger partial charge on any atom is -0.508 e. The molecule has 0 atom stereocenters. The minimum atomic E-state index is -0.119. The van der Waals surface area contributed by atoms with Crippen LogP contribution in [0.15, 0.2) is 18.2 Å². The van der Waals surface area contributed by atoms with Gasteiger partial charge in [-0.15, -0.1) is 0 Å². The zero-order valence-electron chi connectivity index (χ0n) is 10.2. The number of benzene rings is 1. The molecule has 0 radical (unpaired) electrons. The summed E-state index contributed by atoms with van der Waals surface area (Å²) in [6, 6.07) is 5.37. The van der Waals surface area contributed by atoms with Crippen molar-refractivity contribution in [2.75, 3.05) is 6.54 Å². The molecule has 3 N–H and O–H groups in total. The van der Waals surface area contributed by atoms with Crippen LogP contribution < -0.4 is 5.32 Å². The molecule has 0 aromatic heterocycles. The summed E-state index contributed by atoms with van der Waals surface area (Å²) < 4.78 is 0. The second-order valence-corrected chi connectivity index (χ2v) is 5.05. The van der Waals surface area contributed by atoms with E-state index < -0.39 is 0 Å². The fourth-order valence-corrected chi connectivity index (χ4v) is 1.50. The molecule has 0 saturated heterocycles. The first-order chi connectivity index (χ1) is 7.42. The Hall–Kier alpha value is -1.06. The van der Waals surface area contributed by atoms with Gasteiger partial charge < -0.3 is 15.5 Å². The van der Waals surface area contributed by atoms with Crippen LogP contribution >= 0.6 is 0 Å². The molecule has 1 rings (SSSR count). The Morgan fingerprint density at radius 2 is 1.94 bits per heavy atom. The van der Waals surface area contributed by atoms with Crippen LogP contribution in [-0.2, 0) is 13.0 Å². The monoisotopic (exact) mass is 223 g/mol. The highest BCUT2D eigenvalue weighted by atomic mass is 16.3. The van der Waals surface area contributed by atoms with Gasteiger partial charge >= 0.3 is 0 Å². The molecule has 1 aromatic carbocycles. The van der Waals surface area contributed by atoms with Gasteiger partial charge in [-0.2, -0.15) is 0 Å². The van der Waals surface area contributed by atoms with Crippen molar-refractivity contribution in [3.05, 3.63) is 29.3 Å². The third-order valence-corrected chi connectivity index (χ3v) is 2.38. The highest BCUT2D eigenvalue weighted by molar-refractivity contribution is 5.35. The molecule has 1 aromatic rings. The van der Waals surface area contributed by atoms with Crippen LogP contribution in [0.3, 0.4) is 0 Å². The Balaban J connectivity index is 2.55. The topological polar surface area (TPSA) is 52.5 Å². The molecule has 16 heavy (non-hydrogen) atoms. The predicted molar refractivity (Wildman–Crippen MR) is 65.5 cm³/mol. The molecule has 0 unspecified atom stereocenters. The van der Waals surface area contributed by atoms with Crippen LogP contribution in [-0.4, -0.2) is 22.3 Å². The summed E-state index contributed by atoms with van der Waals surface area (Å²) in [5, 5.41) is 21.8. The van der Waals surface area contributed by atoms with E-state index in [1.54, 1.807) is 6.07 Å². The van der Waals surface area contributed by atoms with Crippen molar-refractivity contribution in [3.63, 3.8) is 0 Å². The Morgan fingerprint density at radius 3 is 2.50 bits per heavy atom. The fraction of sp³-hybridized carbons (Fsp3) is 0.538. The molecule has 0 heterocycles. The summed E-state index contributed by atoms with van der Waals surface area (Å²) in [5.41, 5.74) is 1.84. The molecular formula is C13H21NO2. The number of hydrogen-bond donors (Lipinski definition) is 3. The van der Waals surface area contributed by atoms with E-state index in [0.29, 0.717) is 5.56 Å². The number of aromatic hydroxyl groups is 1. The lowest BCUT2D eigenvalue weighted by Crippen LogP contribution is -2.37. The van der Waals surface area contributed by atoms with Crippen LogP contribution in [0.4, 0.5) is 0 Å². The highest BCUT2D eigenvalue weighted by Gasteiger charge is 2.08. The first-order valence-corrected chi connectivity index (χ1v) is 5.59. The average molecular weight is 223 g/mol. The van der Waals surface area contributed by atoms with Crippen LogP contribution in [0.2, 0.25) is 0 Å². The van der Waals surface area contributed by atoms with E-state index in [1.807, 2.05) is 12.1 Å². The van der Waals surface area contributed by atoms with Crippen molar-refractivity contribution in [2.45, 2.75) is 39.3 Å². The smallest absolute Gasteiger partial charge is 0.121 e. The minimum absolute atomic E-state index is 0.119. The largest absolute Gasteiger partial charge is 0.508 e. The van der Waals surface area contributed by atoms with Crippen molar-refractivity contribution in [2.24, 2.45) is 0 Å². The molecular weight excluding hydrogens is 202 g/mol. The van der Waals surface area contributed by atoms with E-state index in [9.17, 15) is 5.11 Å². The van der Waals surface area contributed by atoms with Gasteiger partial charge in [-0.3, -0.25) is 0 Å². The molecule has 90 valence electrons. The normalized spacial score (nSPS) is 11.8. The van der Waals surface area contributed by atoms with E-state index in [2.05, 4.69) is 26.1 Å². The number of phenols is 1. The standard InChI is InChI=1S/C13H21NO2/c1-13(2,3)14-7-6-10-4-5-12(16)11(8-10)9-15/h4-5,8,14-16H,6-7,9H2,1-3H3. The predicted octanol–water partition coefficient (Wildman–Crippen LogP) is 1.82. The van der Waals surface area contributed by atoms with Crippen molar-refractivity contribution in [3.8, 4) is 5.75 Å². The van der Waals surface area contributed by atoms with E-state index in [-0.39, 0.29) is 17.9 Å². The summed E-state index contributed by atoms with van der Waals surface area (Å²) in [6.45, 7) is 7.15. The van der Waals surface area contributed by atoms with E-state index in [1.165, 1.54) is 0 Å². The third kappa shape index (κ3) is 4.21. The average Bonchev–Trinajstić information content (AvgIpc) is 2.18. The molecule has 0 amide bonds. The second-order valence-electron chi connectivity index (χ2n) is 5.05. The zero-order valence-corrected chi connectivity index (χ0v) is 10.2. The van der Waals surface area contributed by atoms with Gasteiger partial charge in [0.05, 0.1) is 6.61 Å². The van der Waals surface area contributed by atoms with Gasteiger partial charge in [0.25, 0.3) is 0 Å². The number of hydrogen-bond acceptors (Lipinski definition) is 3. The Kier molecular flexibility index (Phi) is 4.33. The van der Waals surface area contributed by atoms with Crippen LogP contribution in [0.25, 0.3) is 0 Å². The van der Waals surface area contributed by atoms with E-state index in [4.69, 9.17) is 5.11 Å². The molecule has 0 aliphatic carbocycles. The van der Waals surface area contributed by atoms with Crippen molar-refractivity contribution < 1.29 is 10.2 Å². The number of nitrogens with one attached hydrogen (secondary N) is 1. The van der Waals surface area contributed by atoms with Crippen molar-refractivity contribution in [1.82, 2.24) is 5.32 Å². The molecule has 0 bridgehead atoms. The molecule has 0 aliphatic heterocycles. The fourth-order valence-electron chi connectivity index (χ4n) is 1.50. The molecule has 0 saturated carbocycles. The zero-order chi connectivity index (χ0) is 12.2. The Labute approximate surface area is 97.1 Å². The highest BCUT2D eigenvalue weighted by Crippen LogP contribution is 2.18. The summed E-state index contributed by atoms with van der Waals surface area (Å²) in [7, 11) is 0. The lowest BCUT2D eigenvalue weighted by atomic mass is 10.1.